The Morgan fingerprint density at radius 3 is 2.32 bits per heavy atom. The summed E-state index contributed by atoms with van der Waals surface area (Å²) in [6, 6.07) is -0.327. The van der Waals surface area contributed by atoms with Gasteiger partial charge in [-0.05, 0) is 19.8 Å². The van der Waals surface area contributed by atoms with Crippen LogP contribution in [-0.2, 0) is 9.59 Å². The topological polar surface area (TPSA) is 66.5 Å². The van der Waals surface area contributed by atoms with Gasteiger partial charge >= 0.3 is 6.03 Å². The minimum absolute atomic E-state index is 0.000726. The van der Waals surface area contributed by atoms with E-state index in [4.69, 9.17) is 0 Å². The second kappa shape index (κ2) is 5.72. The number of Topliss-reactive ketones (excluding diaryl/α,β-unsaturated/α-hetero) is 1. The highest BCUT2D eigenvalue weighted by molar-refractivity contribution is 6.07. The molecule has 2 fully saturated rings. The fraction of sp³-hybridized carbons (Fsp3) is 0.786. The first-order valence-corrected chi connectivity index (χ1v) is 7.19. The van der Waals surface area contributed by atoms with Gasteiger partial charge in [0, 0.05) is 13.0 Å². The number of carbonyl (C=O) groups is 3. The summed E-state index contributed by atoms with van der Waals surface area (Å²) in [7, 11) is 0. The van der Waals surface area contributed by atoms with Gasteiger partial charge in [-0.1, -0.05) is 32.1 Å². The maximum absolute atomic E-state index is 12.5. The SMILES string of the molecule is CC(=O)CCN1C(=O)NC2(CCCCCCC2)C1=O. The molecular weight excluding hydrogens is 244 g/mol. The number of hydrogen-bond acceptors (Lipinski definition) is 3. The van der Waals surface area contributed by atoms with Crippen molar-refractivity contribution in [3.8, 4) is 0 Å². The fourth-order valence-electron chi connectivity index (χ4n) is 3.00. The maximum atomic E-state index is 12.5. The zero-order chi connectivity index (χ0) is 13.9. The van der Waals surface area contributed by atoms with Crippen molar-refractivity contribution in [1.29, 1.82) is 0 Å². The zero-order valence-corrected chi connectivity index (χ0v) is 11.5. The molecule has 0 aromatic carbocycles. The number of ketones is 1. The van der Waals surface area contributed by atoms with Crippen LogP contribution in [0.1, 0.15) is 58.3 Å². The molecule has 106 valence electrons. The van der Waals surface area contributed by atoms with Crippen molar-refractivity contribution in [3.05, 3.63) is 0 Å². The van der Waals surface area contributed by atoms with Gasteiger partial charge in [-0.15, -0.1) is 0 Å². The second-order valence-electron chi connectivity index (χ2n) is 5.69. The smallest absolute Gasteiger partial charge is 0.323 e. The van der Waals surface area contributed by atoms with Gasteiger partial charge in [0.05, 0.1) is 0 Å². The van der Waals surface area contributed by atoms with E-state index in [0.717, 1.165) is 38.5 Å². The van der Waals surface area contributed by atoms with E-state index in [0.29, 0.717) is 0 Å². The van der Waals surface area contributed by atoms with Crippen LogP contribution >= 0.6 is 0 Å². The lowest BCUT2D eigenvalue weighted by Gasteiger charge is -2.28. The summed E-state index contributed by atoms with van der Waals surface area (Å²) in [5.41, 5.74) is -0.686. The highest BCUT2D eigenvalue weighted by atomic mass is 16.2. The van der Waals surface area contributed by atoms with Crippen molar-refractivity contribution in [2.24, 2.45) is 0 Å². The number of carbonyl (C=O) groups excluding carboxylic acids is 3. The molecule has 1 aliphatic heterocycles. The molecule has 2 rings (SSSR count). The molecule has 0 radical (unpaired) electrons. The standard InChI is InChI=1S/C14H22N2O3/c1-11(17)7-10-16-12(18)14(15-13(16)19)8-5-3-2-4-6-9-14/h2-10H2,1H3,(H,15,19). The van der Waals surface area contributed by atoms with Gasteiger partial charge < -0.3 is 5.32 Å². The van der Waals surface area contributed by atoms with E-state index in [9.17, 15) is 14.4 Å². The van der Waals surface area contributed by atoms with E-state index in [1.54, 1.807) is 0 Å². The summed E-state index contributed by atoms with van der Waals surface area (Å²) >= 11 is 0. The molecule has 1 spiro atoms. The van der Waals surface area contributed by atoms with Gasteiger partial charge in [-0.3, -0.25) is 14.5 Å². The number of rotatable bonds is 3. The third kappa shape index (κ3) is 2.96. The number of imide groups is 1. The van der Waals surface area contributed by atoms with Gasteiger partial charge in [0.1, 0.15) is 11.3 Å². The first kappa shape index (κ1) is 14.0. The summed E-state index contributed by atoms with van der Waals surface area (Å²) < 4.78 is 0. The normalized spacial score (nSPS) is 23.1. The molecule has 0 aromatic rings. The van der Waals surface area contributed by atoms with Crippen molar-refractivity contribution in [3.63, 3.8) is 0 Å². The number of nitrogens with one attached hydrogen (secondary N) is 1. The number of amides is 3. The number of nitrogens with zero attached hydrogens (tertiary/aromatic N) is 1. The van der Waals surface area contributed by atoms with Crippen LogP contribution in [0.25, 0.3) is 0 Å². The summed E-state index contributed by atoms with van der Waals surface area (Å²) in [5, 5.41) is 2.89. The van der Waals surface area contributed by atoms with Gasteiger partial charge in [0.15, 0.2) is 0 Å². The summed E-state index contributed by atoms with van der Waals surface area (Å²) in [4.78, 5) is 36.7. The lowest BCUT2D eigenvalue weighted by molar-refractivity contribution is -0.132. The Balaban J connectivity index is 2.08. The van der Waals surface area contributed by atoms with Gasteiger partial charge in [-0.25, -0.2) is 4.79 Å². The largest absolute Gasteiger partial charge is 0.325 e. The van der Waals surface area contributed by atoms with Crippen LogP contribution in [0.3, 0.4) is 0 Å². The van der Waals surface area contributed by atoms with Crippen molar-refractivity contribution in [1.82, 2.24) is 10.2 Å². The van der Waals surface area contributed by atoms with E-state index in [1.165, 1.54) is 18.2 Å². The monoisotopic (exact) mass is 266 g/mol. The van der Waals surface area contributed by atoms with Gasteiger partial charge in [0.25, 0.3) is 5.91 Å². The van der Waals surface area contributed by atoms with Crippen LogP contribution < -0.4 is 5.32 Å². The zero-order valence-electron chi connectivity index (χ0n) is 11.5. The Morgan fingerprint density at radius 1 is 1.16 bits per heavy atom. The predicted molar refractivity (Wildman–Crippen MR) is 70.6 cm³/mol. The molecule has 0 aromatic heterocycles. The molecule has 0 atom stereocenters. The van der Waals surface area contributed by atoms with Gasteiger partial charge in [0.2, 0.25) is 0 Å². The van der Waals surface area contributed by atoms with Crippen molar-refractivity contribution >= 4 is 17.7 Å². The Labute approximate surface area is 113 Å². The molecule has 5 nitrogen and oxygen atoms in total. The van der Waals surface area contributed by atoms with Crippen molar-refractivity contribution in [2.45, 2.75) is 63.8 Å². The van der Waals surface area contributed by atoms with E-state index >= 15 is 0 Å². The molecule has 1 heterocycles. The number of hydrogen-bond donors (Lipinski definition) is 1. The molecule has 19 heavy (non-hydrogen) atoms. The lowest BCUT2D eigenvalue weighted by atomic mass is 9.84. The molecule has 1 saturated carbocycles. The minimum Gasteiger partial charge on any atom is -0.323 e. The maximum Gasteiger partial charge on any atom is 0.325 e. The van der Waals surface area contributed by atoms with Crippen LogP contribution in [0.4, 0.5) is 4.79 Å². The van der Waals surface area contributed by atoms with Crippen LogP contribution in [0.5, 0.6) is 0 Å². The summed E-state index contributed by atoms with van der Waals surface area (Å²) in [6.07, 6.45) is 7.12. The highest BCUT2D eigenvalue weighted by Gasteiger charge is 2.50. The van der Waals surface area contributed by atoms with E-state index in [1.807, 2.05) is 0 Å². The Morgan fingerprint density at radius 2 is 1.74 bits per heavy atom. The summed E-state index contributed by atoms with van der Waals surface area (Å²) in [5.74, 6) is -0.125. The Hall–Kier alpha value is -1.39. The molecular formula is C14H22N2O3. The van der Waals surface area contributed by atoms with Crippen molar-refractivity contribution in [2.75, 3.05) is 6.54 Å². The number of urea groups is 1. The fourth-order valence-corrected chi connectivity index (χ4v) is 3.00. The average Bonchev–Trinajstić information content (AvgIpc) is 2.55. The van der Waals surface area contributed by atoms with Gasteiger partial charge in [-0.2, -0.15) is 0 Å². The molecule has 3 amide bonds. The van der Waals surface area contributed by atoms with E-state index in [-0.39, 0.29) is 30.7 Å². The molecule has 1 aliphatic carbocycles. The first-order chi connectivity index (χ1) is 9.05. The second-order valence-corrected chi connectivity index (χ2v) is 5.69. The Kier molecular flexibility index (Phi) is 4.22. The Bertz CT molecular complexity index is 384. The molecule has 2 aliphatic rings. The van der Waals surface area contributed by atoms with Crippen LogP contribution in [0, 0.1) is 0 Å². The summed E-state index contributed by atoms with van der Waals surface area (Å²) in [6.45, 7) is 1.69. The third-order valence-electron chi connectivity index (χ3n) is 4.14. The first-order valence-electron chi connectivity index (χ1n) is 7.19. The quantitative estimate of drug-likeness (QED) is 0.794. The molecule has 1 N–H and O–H groups in total. The van der Waals surface area contributed by atoms with Crippen LogP contribution in [0.2, 0.25) is 0 Å². The molecule has 1 saturated heterocycles. The van der Waals surface area contributed by atoms with Crippen LogP contribution in [-0.4, -0.2) is 34.7 Å². The molecule has 5 heteroatoms. The average molecular weight is 266 g/mol. The van der Waals surface area contributed by atoms with Crippen molar-refractivity contribution < 1.29 is 14.4 Å². The molecule has 0 bridgehead atoms. The molecule has 0 unspecified atom stereocenters. The third-order valence-corrected chi connectivity index (χ3v) is 4.14. The minimum atomic E-state index is -0.686. The van der Waals surface area contributed by atoms with E-state index in [2.05, 4.69) is 5.32 Å². The predicted octanol–water partition coefficient (Wildman–Crippen LogP) is 2.00. The lowest BCUT2D eigenvalue weighted by Crippen LogP contribution is -2.47. The van der Waals surface area contributed by atoms with Crippen LogP contribution in [0.15, 0.2) is 0 Å². The van der Waals surface area contributed by atoms with E-state index < -0.39 is 5.54 Å². The highest BCUT2D eigenvalue weighted by Crippen LogP contribution is 2.32.